The van der Waals surface area contributed by atoms with Gasteiger partial charge in [0.25, 0.3) is 5.69 Å². The molecule has 1 aliphatic rings. The molecule has 0 bridgehead atoms. The lowest BCUT2D eigenvalue weighted by Crippen LogP contribution is -2.36. The summed E-state index contributed by atoms with van der Waals surface area (Å²) in [7, 11) is 0. The summed E-state index contributed by atoms with van der Waals surface area (Å²) in [5.41, 5.74) is 0.907. The SMILES string of the molecule is CSc1nnc2c(n1)O[C@@H](c1cc([N+](=O)[O-])ccc1[O-])N(C(C)=O)c1ccccc1-2. The van der Waals surface area contributed by atoms with Crippen molar-refractivity contribution in [3.8, 4) is 22.9 Å². The number of carbonyl (C=O) groups excluding carboxylic acids is 1. The van der Waals surface area contributed by atoms with Crippen molar-refractivity contribution in [2.75, 3.05) is 11.2 Å². The second kappa shape index (κ2) is 7.59. The summed E-state index contributed by atoms with van der Waals surface area (Å²) >= 11 is 1.25. The molecule has 1 atom stereocenters. The number of nitro benzene ring substituents is 1. The molecule has 152 valence electrons. The van der Waals surface area contributed by atoms with Gasteiger partial charge in [0.2, 0.25) is 23.2 Å². The van der Waals surface area contributed by atoms with Crippen LogP contribution >= 0.6 is 11.8 Å². The summed E-state index contributed by atoms with van der Waals surface area (Å²) in [5, 5.41) is 32.5. The van der Waals surface area contributed by atoms with Gasteiger partial charge >= 0.3 is 0 Å². The highest BCUT2D eigenvalue weighted by molar-refractivity contribution is 7.98. The molecule has 1 aliphatic heterocycles. The Bertz CT molecular complexity index is 1170. The van der Waals surface area contributed by atoms with E-state index in [2.05, 4.69) is 15.2 Å². The second-order valence-electron chi connectivity index (χ2n) is 6.31. The van der Waals surface area contributed by atoms with Gasteiger partial charge in [0.05, 0.1) is 10.6 Å². The molecule has 30 heavy (non-hydrogen) atoms. The average molecular weight is 424 g/mol. The van der Waals surface area contributed by atoms with Gasteiger partial charge in [-0.1, -0.05) is 41.8 Å². The predicted octanol–water partition coefficient (Wildman–Crippen LogP) is 2.69. The average Bonchev–Trinajstić information content (AvgIpc) is 2.87. The minimum Gasteiger partial charge on any atom is -0.872 e. The molecule has 11 heteroatoms. The number of non-ortho nitro benzene ring substituents is 1. The van der Waals surface area contributed by atoms with E-state index >= 15 is 0 Å². The number of hydrogen-bond donors (Lipinski definition) is 0. The lowest BCUT2D eigenvalue weighted by atomic mass is 10.1. The Morgan fingerprint density at radius 1 is 1.23 bits per heavy atom. The van der Waals surface area contributed by atoms with E-state index < -0.39 is 22.8 Å². The van der Waals surface area contributed by atoms with Crippen molar-refractivity contribution in [1.29, 1.82) is 0 Å². The molecule has 1 aromatic heterocycles. The van der Waals surface area contributed by atoms with Crippen LogP contribution in [-0.4, -0.2) is 32.3 Å². The molecule has 0 fully saturated rings. The van der Waals surface area contributed by atoms with Crippen LogP contribution in [0.2, 0.25) is 0 Å². The van der Waals surface area contributed by atoms with E-state index in [0.29, 0.717) is 22.1 Å². The van der Waals surface area contributed by atoms with Crippen molar-refractivity contribution in [3.05, 3.63) is 58.1 Å². The number of carbonyl (C=O) groups is 1. The first-order valence-corrected chi connectivity index (χ1v) is 9.93. The van der Waals surface area contributed by atoms with E-state index in [1.165, 1.54) is 23.6 Å². The molecule has 2 heterocycles. The van der Waals surface area contributed by atoms with Gasteiger partial charge in [-0.25, -0.2) is 0 Å². The van der Waals surface area contributed by atoms with Gasteiger partial charge in [-0.05, 0) is 12.3 Å². The Kier molecular flexibility index (Phi) is 4.96. The van der Waals surface area contributed by atoms with Gasteiger partial charge < -0.3 is 9.84 Å². The van der Waals surface area contributed by atoms with E-state index in [1.807, 2.05) is 0 Å². The lowest BCUT2D eigenvalue weighted by molar-refractivity contribution is -0.385. The highest BCUT2D eigenvalue weighted by Gasteiger charge is 2.35. The molecule has 0 saturated heterocycles. The monoisotopic (exact) mass is 424 g/mol. The molecule has 1 amide bonds. The van der Waals surface area contributed by atoms with Gasteiger partial charge in [-0.3, -0.25) is 19.8 Å². The summed E-state index contributed by atoms with van der Waals surface area (Å²) in [4.78, 5) is 28.9. The topological polar surface area (TPSA) is 134 Å². The summed E-state index contributed by atoms with van der Waals surface area (Å²) in [6.07, 6.45) is 0.493. The van der Waals surface area contributed by atoms with Crippen molar-refractivity contribution < 1.29 is 19.6 Å². The molecular weight excluding hydrogens is 410 g/mol. The van der Waals surface area contributed by atoms with Crippen LogP contribution in [0, 0.1) is 10.1 Å². The maximum atomic E-state index is 12.7. The fourth-order valence-corrected chi connectivity index (χ4v) is 3.48. The van der Waals surface area contributed by atoms with E-state index in [4.69, 9.17) is 4.74 Å². The molecule has 0 unspecified atom stereocenters. The third-order valence-corrected chi connectivity index (χ3v) is 5.04. The number of ether oxygens (including phenoxy) is 1. The largest absolute Gasteiger partial charge is 0.872 e. The first-order chi connectivity index (χ1) is 14.4. The number of benzene rings is 2. The van der Waals surface area contributed by atoms with Crippen LogP contribution in [0.3, 0.4) is 0 Å². The minimum absolute atomic E-state index is 0.0635. The molecular formula is C19H14N5O5S-. The molecule has 0 aliphatic carbocycles. The Hall–Kier alpha value is -3.73. The van der Waals surface area contributed by atoms with Crippen LogP contribution in [0.5, 0.6) is 11.6 Å². The van der Waals surface area contributed by atoms with Crippen LogP contribution in [0.25, 0.3) is 11.3 Å². The van der Waals surface area contributed by atoms with Crippen molar-refractivity contribution in [2.45, 2.75) is 18.3 Å². The first kappa shape index (κ1) is 19.6. The van der Waals surface area contributed by atoms with Gasteiger partial charge in [0.15, 0.2) is 5.69 Å². The van der Waals surface area contributed by atoms with Crippen LogP contribution in [0.1, 0.15) is 18.7 Å². The molecule has 0 radical (unpaired) electrons. The maximum absolute atomic E-state index is 12.7. The summed E-state index contributed by atoms with van der Waals surface area (Å²) in [6, 6.07) is 10.2. The molecule has 0 N–H and O–H groups in total. The molecule has 4 rings (SSSR count). The van der Waals surface area contributed by atoms with Gasteiger partial charge in [-0.2, -0.15) is 4.98 Å². The molecule has 10 nitrogen and oxygen atoms in total. The van der Waals surface area contributed by atoms with E-state index in [9.17, 15) is 20.0 Å². The number of thioether (sulfide) groups is 1. The number of aromatic nitrogens is 3. The van der Waals surface area contributed by atoms with Crippen LogP contribution in [0.15, 0.2) is 47.6 Å². The number of anilines is 1. The van der Waals surface area contributed by atoms with E-state index in [-0.39, 0.29) is 17.1 Å². The summed E-state index contributed by atoms with van der Waals surface area (Å²) in [6.45, 7) is 1.32. The zero-order valence-corrected chi connectivity index (χ0v) is 16.6. The first-order valence-electron chi connectivity index (χ1n) is 8.70. The van der Waals surface area contributed by atoms with Crippen molar-refractivity contribution in [3.63, 3.8) is 0 Å². The van der Waals surface area contributed by atoms with Crippen LogP contribution < -0.4 is 14.7 Å². The lowest BCUT2D eigenvalue weighted by Gasteiger charge is -2.32. The second-order valence-corrected chi connectivity index (χ2v) is 7.08. The zero-order valence-electron chi connectivity index (χ0n) is 15.8. The van der Waals surface area contributed by atoms with E-state index in [1.54, 1.807) is 30.5 Å². The highest BCUT2D eigenvalue weighted by atomic mass is 32.2. The Balaban J connectivity index is 2.00. The third-order valence-electron chi connectivity index (χ3n) is 4.50. The van der Waals surface area contributed by atoms with Crippen LogP contribution in [-0.2, 0) is 4.79 Å². The molecule has 3 aromatic rings. The number of amides is 1. The number of para-hydroxylation sites is 1. The Morgan fingerprint density at radius 3 is 2.70 bits per heavy atom. The number of rotatable bonds is 3. The summed E-state index contributed by atoms with van der Waals surface area (Å²) in [5.74, 6) is -0.865. The molecule has 0 saturated carbocycles. The standard InChI is InChI=1S/C19H15N5O5S/c1-10(25)23-14-6-4-3-5-12(14)16-17(20-19(30-2)22-21-16)29-18(23)13-9-11(24(27)28)7-8-15(13)26/h3-9,18,26H,1-2H3/p-1/t18-/m0/s1. The summed E-state index contributed by atoms with van der Waals surface area (Å²) < 4.78 is 6.01. The molecule has 2 aromatic carbocycles. The number of nitrogens with zero attached hydrogens (tertiary/aromatic N) is 5. The minimum atomic E-state index is -1.27. The highest BCUT2D eigenvalue weighted by Crippen LogP contribution is 2.44. The third kappa shape index (κ3) is 3.28. The van der Waals surface area contributed by atoms with E-state index in [0.717, 1.165) is 18.2 Å². The maximum Gasteiger partial charge on any atom is 0.269 e. The quantitative estimate of drug-likeness (QED) is 0.353. The van der Waals surface area contributed by atoms with Crippen molar-refractivity contribution in [2.24, 2.45) is 0 Å². The molecule has 0 spiro atoms. The number of hydrogen-bond acceptors (Lipinski definition) is 9. The van der Waals surface area contributed by atoms with Crippen molar-refractivity contribution in [1.82, 2.24) is 15.2 Å². The van der Waals surface area contributed by atoms with Gasteiger partial charge in [0, 0.05) is 30.2 Å². The number of fused-ring (bicyclic) bond motifs is 3. The normalized spacial score (nSPS) is 14.9. The number of nitro groups is 1. The Morgan fingerprint density at radius 2 is 2.00 bits per heavy atom. The van der Waals surface area contributed by atoms with Crippen molar-refractivity contribution >= 4 is 29.0 Å². The fourth-order valence-electron chi connectivity index (χ4n) is 3.18. The van der Waals surface area contributed by atoms with Gasteiger partial charge in [0.1, 0.15) is 0 Å². The van der Waals surface area contributed by atoms with Crippen LogP contribution in [0.4, 0.5) is 11.4 Å². The smallest absolute Gasteiger partial charge is 0.269 e. The zero-order chi connectivity index (χ0) is 21.4. The van der Waals surface area contributed by atoms with Gasteiger partial charge in [-0.15, -0.1) is 10.2 Å². The Labute approximate surface area is 174 Å². The fraction of sp³-hybridized carbons (Fsp3) is 0.158. The predicted molar refractivity (Wildman–Crippen MR) is 106 cm³/mol.